The Hall–Kier alpha value is -1.07. The standard InChI is InChI=1S/C13H18ClO6P/c1-3-4-12(21(16,17)18)20-13(15)9(2)19-11-7-5-10(14)6-8-11/h5-9,12H,3-4H2,1-2H3,(H2,16,17,18). The molecule has 0 radical (unpaired) electrons. The fraction of sp³-hybridized carbons (Fsp3) is 0.462. The van der Waals surface area contributed by atoms with Crippen molar-refractivity contribution in [3.63, 3.8) is 0 Å². The molecule has 0 spiro atoms. The van der Waals surface area contributed by atoms with E-state index in [4.69, 9.17) is 30.9 Å². The number of hydrogen-bond acceptors (Lipinski definition) is 4. The highest BCUT2D eigenvalue weighted by atomic mass is 35.5. The maximum atomic E-state index is 11.8. The van der Waals surface area contributed by atoms with Gasteiger partial charge in [0.05, 0.1) is 0 Å². The lowest BCUT2D eigenvalue weighted by Gasteiger charge is -2.21. The van der Waals surface area contributed by atoms with Crippen LogP contribution in [0.25, 0.3) is 0 Å². The van der Waals surface area contributed by atoms with Gasteiger partial charge in [0.2, 0.25) is 5.85 Å². The van der Waals surface area contributed by atoms with E-state index in [9.17, 15) is 9.36 Å². The molecule has 0 aliphatic heterocycles. The Labute approximate surface area is 128 Å². The molecule has 1 rings (SSSR count). The quantitative estimate of drug-likeness (QED) is 0.587. The normalized spacial score (nSPS) is 14.3. The average molecular weight is 337 g/mol. The molecule has 1 aromatic carbocycles. The van der Waals surface area contributed by atoms with Crippen molar-refractivity contribution in [3.05, 3.63) is 29.3 Å². The van der Waals surface area contributed by atoms with E-state index >= 15 is 0 Å². The molecule has 2 unspecified atom stereocenters. The van der Waals surface area contributed by atoms with Crippen LogP contribution in [0.1, 0.15) is 26.7 Å². The number of ether oxygens (including phenoxy) is 2. The van der Waals surface area contributed by atoms with E-state index in [2.05, 4.69) is 0 Å². The van der Waals surface area contributed by atoms with Crippen LogP contribution in [0.15, 0.2) is 24.3 Å². The van der Waals surface area contributed by atoms with Crippen molar-refractivity contribution in [1.29, 1.82) is 0 Å². The minimum absolute atomic E-state index is 0.0870. The summed E-state index contributed by atoms with van der Waals surface area (Å²) in [5.74, 6) is -1.86. The predicted molar refractivity (Wildman–Crippen MR) is 78.4 cm³/mol. The van der Waals surface area contributed by atoms with Gasteiger partial charge in [-0.2, -0.15) is 0 Å². The molecule has 8 heteroatoms. The Morgan fingerprint density at radius 1 is 1.33 bits per heavy atom. The van der Waals surface area contributed by atoms with Crippen LogP contribution < -0.4 is 4.74 Å². The summed E-state index contributed by atoms with van der Waals surface area (Å²) >= 11 is 5.73. The Bertz CT molecular complexity index is 512. The molecule has 0 amide bonds. The lowest BCUT2D eigenvalue weighted by Crippen LogP contribution is -2.30. The first-order chi connectivity index (χ1) is 9.74. The fourth-order valence-corrected chi connectivity index (χ4v) is 2.50. The van der Waals surface area contributed by atoms with E-state index < -0.39 is 25.5 Å². The maximum absolute atomic E-state index is 11.8. The van der Waals surface area contributed by atoms with Crippen LogP contribution in [-0.2, 0) is 14.1 Å². The van der Waals surface area contributed by atoms with Gasteiger partial charge in [-0.15, -0.1) is 0 Å². The molecule has 0 saturated heterocycles. The van der Waals surface area contributed by atoms with Crippen LogP contribution in [0.5, 0.6) is 5.75 Å². The second-order valence-electron chi connectivity index (χ2n) is 4.48. The van der Waals surface area contributed by atoms with Gasteiger partial charge in [-0.1, -0.05) is 24.9 Å². The Kier molecular flexibility index (Phi) is 6.68. The number of rotatable bonds is 7. The van der Waals surface area contributed by atoms with Gasteiger partial charge in [-0.25, -0.2) is 4.79 Å². The third kappa shape index (κ3) is 6.06. The van der Waals surface area contributed by atoms with Crippen molar-refractivity contribution < 1.29 is 28.6 Å². The smallest absolute Gasteiger partial charge is 0.365 e. The van der Waals surface area contributed by atoms with Gasteiger partial charge >= 0.3 is 13.6 Å². The zero-order valence-corrected chi connectivity index (χ0v) is 13.4. The monoisotopic (exact) mass is 336 g/mol. The first-order valence-corrected chi connectivity index (χ1v) is 8.48. The molecule has 0 heterocycles. The van der Waals surface area contributed by atoms with Crippen LogP contribution in [0.4, 0.5) is 0 Å². The summed E-state index contributed by atoms with van der Waals surface area (Å²) in [6.45, 7) is 3.18. The van der Waals surface area contributed by atoms with Crippen molar-refractivity contribution in [3.8, 4) is 5.75 Å². The van der Waals surface area contributed by atoms with E-state index in [1.165, 1.54) is 6.92 Å². The third-order valence-corrected chi connectivity index (χ3v) is 3.99. The minimum atomic E-state index is -4.49. The van der Waals surface area contributed by atoms with Gasteiger partial charge in [-0.05, 0) is 37.6 Å². The van der Waals surface area contributed by atoms with Crippen molar-refractivity contribution in [2.24, 2.45) is 0 Å². The number of halogens is 1. The molecule has 0 bridgehead atoms. The summed E-state index contributed by atoms with van der Waals surface area (Å²) in [5.41, 5.74) is 0. The van der Waals surface area contributed by atoms with E-state index in [0.29, 0.717) is 17.2 Å². The molecule has 0 fully saturated rings. The van der Waals surface area contributed by atoms with Gasteiger partial charge < -0.3 is 19.3 Å². The zero-order chi connectivity index (χ0) is 16.0. The van der Waals surface area contributed by atoms with E-state index in [1.54, 1.807) is 31.2 Å². The highest BCUT2D eigenvalue weighted by Crippen LogP contribution is 2.44. The van der Waals surface area contributed by atoms with Gasteiger partial charge in [-0.3, -0.25) is 4.57 Å². The molecule has 21 heavy (non-hydrogen) atoms. The number of carbonyl (C=O) groups is 1. The molecule has 118 valence electrons. The largest absolute Gasteiger partial charge is 0.479 e. The van der Waals surface area contributed by atoms with Crippen molar-refractivity contribution >= 4 is 25.2 Å². The van der Waals surface area contributed by atoms with Crippen LogP contribution in [-0.4, -0.2) is 27.7 Å². The zero-order valence-electron chi connectivity index (χ0n) is 11.7. The summed E-state index contributed by atoms with van der Waals surface area (Å²) in [7, 11) is -4.49. The van der Waals surface area contributed by atoms with E-state index in [-0.39, 0.29) is 6.42 Å². The van der Waals surface area contributed by atoms with Crippen LogP contribution in [0, 0.1) is 0 Å². The third-order valence-electron chi connectivity index (χ3n) is 2.62. The number of carbonyl (C=O) groups excluding carboxylic acids is 1. The molecule has 0 aromatic heterocycles. The van der Waals surface area contributed by atoms with E-state index in [0.717, 1.165) is 0 Å². The summed E-state index contributed by atoms with van der Waals surface area (Å²) < 4.78 is 21.4. The molecular weight excluding hydrogens is 319 g/mol. The second kappa shape index (κ2) is 7.80. The first kappa shape index (κ1) is 18.0. The highest BCUT2D eigenvalue weighted by molar-refractivity contribution is 7.52. The summed E-state index contributed by atoms with van der Waals surface area (Å²) in [4.78, 5) is 30.1. The van der Waals surface area contributed by atoms with Crippen molar-refractivity contribution in [1.82, 2.24) is 0 Å². The lowest BCUT2D eigenvalue weighted by atomic mass is 10.3. The van der Waals surface area contributed by atoms with Gasteiger partial charge in [0.1, 0.15) is 5.75 Å². The Balaban J connectivity index is 2.64. The van der Waals surface area contributed by atoms with Crippen molar-refractivity contribution in [2.45, 2.75) is 38.6 Å². The topological polar surface area (TPSA) is 93.1 Å². The molecule has 2 atom stereocenters. The highest BCUT2D eigenvalue weighted by Gasteiger charge is 2.33. The summed E-state index contributed by atoms with van der Waals surface area (Å²) in [5, 5.41) is 0.530. The van der Waals surface area contributed by atoms with Crippen LogP contribution >= 0.6 is 19.2 Å². The first-order valence-electron chi connectivity index (χ1n) is 6.42. The maximum Gasteiger partial charge on any atom is 0.365 e. The Morgan fingerprint density at radius 2 is 1.90 bits per heavy atom. The average Bonchev–Trinajstić information content (AvgIpc) is 2.39. The lowest BCUT2D eigenvalue weighted by molar-refractivity contribution is -0.154. The molecule has 2 N–H and O–H groups in total. The van der Waals surface area contributed by atoms with Crippen molar-refractivity contribution in [2.75, 3.05) is 0 Å². The molecule has 0 aliphatic rings. The number of hydrogen-bond donors (Lipinski definition) is 2. The van der Waals surface area contributed by atoms with E-state index in [1.807, 2.05) is 0 Å². The molecule has 0 aliphatic carbocycles. The SMILES string of the molecule is CCCC(OC(=O)C(C)Oc1ccc(Cl)cc1)P(=O)(O)O. The predicted octanol–water partition coefficient (Wildman–Crippen LogP) is 2.95. The minimum Gasteiger partial charge on any atom is -0.479 e. The number of benzene rings is 1. The van der Waals surface area contributed by atoms with Gasteiger partial charge in [0.25, 0.3) is 0 Å². The summed E-state index contributed by atoms with van der Waals surface area (Å²) in [6, 6.07) is 6.37. The fourth-order valence-electron chi connectivity index (χ4n) is 1.54. The van der Waals surface area contributed by atoms with Crippen LogP contribution in [0.2, 0.25) is 5.02 Å². The molecular formula is C13H18ClO6P. The molecule has 0 saturated carbocycles. The molecule has 1 aromatic rings. The molecule has 6 nitrogen and oxygen atoms in total. The Morgan fingerprint density at radius 3 is 2.38 bits per heavy atom. The van der Waals surface area contributed by atoms with Gasteiger partial charge in [0.15, 0.2) is 6.10 Å². The number of esters is 1. The second-order valence-corrected chi connectivity index (χ2v) is 6.67. The van der Waals surface area contributed by atoms with Gasteiger partial charge in [0, 0.05) is 5.02 Å². The van der Waals surface area contributed by atoms with Crippen LogP contribution in [0.3, 0.4) is 0 Å². The summed E-state index contributed by atoms with van der Waals surface area (Å²) in [6.07, 6.45) is -0.420.